The fraction of sp³-hybridized carbons (Fsp3) is 0.364. The zero-order valence-electron chi connectivity index (χ0n) is 8.22. The van der Waals surface area contributed by atoms with Crippen LogP contribution in [0.1, 0.15) is 18.1 Å². The Morgan fingerprint density at radius 3 is 2.57 bits per heavy atom. The summed E-state index contributed by atoms with van der Waals surface area (Å²) in [5.74, 6) is -0.105. The molecule has 1 N–H and O–H groups in total. The lowest BCUT2D eigenvalue weighted by atomic mass is 10.1. The van der Waals surface area contributed by atoms with Crippen molar-refractivity contribution in [3.05, 3.63) is 35.4 Å². The first-order valence-electron chi connectivity index (χ1n) is 4.67. The lowest BCUT2D eigenvalue weighted by molar-refractivity contribution is -0.118. The average molecular weight is 212 g/mol. The maximum atomic E-state index is 10.9. The van der Waals surface area contributed by atoms with Crippen LogP contribution in [0.3, 0.4) is 0 Å². The third-order valence-electron chi connectivity index (χ3n) is 2.10. The number of halogens is 1. The van der Waals surface area contributed by atoms with Gasteiger partial charge in [0.2, 0.25) is 5.91 Å². The summed E-state index contributed by atoms with van der Waals surface area (Å²) in [5, 5.41) is 2.75. The van der Waals surface area contributed by atoms with E-state index in [0.29, 0.717) is 6.54 Å². The molecule has 0 radical (unpaired) electrons. The van der Waals surface area contributed by atoms with Crippen LogP contribution < -0.4 is 5.32 Å². The lowest BCUT2D eigenvalue weighted by Gasteiger charge is -2.07. The summed E-state index contributed by atoms with van der Waals surface area (Å²) < 4.78 is 0. The molecule has 2 nitrogen and oxygen atoms in total. The number of alkyl halides is 1. The number of carbonyl (C=O) groups is 1. The highest BCUT2D eigenvalue weighted by atomic mass is 35.5. The van der Waals surface area contributed by atoms with Gasteiger partial charge in [-0.25, -0.2) is 0 Å². The zero-order chi connectivity index (χ0) is 10.4. The van der Waals surface area contributed by atoms with Crippen molar-refractivity contribution >= 4 is 17.5 Å². The van der Waals surface area contributed by atoms with Gasteiger partial charge in [-0.15, -0.1) is 11.6 Å². The molecule has 1 aromatic carbocycles. The van der Waals surface area contributed by atoms with E-state index in [0.717, 1.165) is 12.0 Å². The first kappa shape index (κ1) is 11.1. The molecule has 1 aromatic rings. The molecular weight excluding hydrogens is 198 g/mol. The van der Waals surface area contributed by atoms with Crippen molar-refractivity contribution in [2.45, 2.75) is 19.9 Å². The van der Waals surface area contributed by atoms with Gasteiger partial charge in [-0.2, -0.15) is 0 Å². The van der Waals surface area contributed by atoms with E-state index in [2.05, 4.69) is 18.3 Å². The Kier molecular flexibility index (Phi) is 4.47. The predicted octanol–water partition coefficient (Wildman–Crippen LogP) is 2.10. The van der Waals surface area contributed by atoms with E-state index in [1.807, 2.05) is 18.2 Å². The molecule has 14 heavy (non-hydrogen) atoms. The summed E-state index contributed by atoms with van der Waals surface area (Å²) in [5.41, 5.74) is 2.43. The fourth-order valence-corrected chi connectivity index (χ4v) is 1.41. The molecule has 0 saturated heterocycles. The van der Waals surface area contributed by atoms with Gasteiger partial charge in [-0.3, -0.25) is 4.79 Å². The molecule has 1 amide bonds. The van der Waals surface area contributed by atoms with E-state index >= 15 is 0 Å². The standard InChI is InChI=1S/C11H14ClNO/c1-2-9-5-3-4-6-10(9)8-13-11(14)7-12/h3-6H,2,7-8H2,1H3,(H,13,14). The molecule has 0 heterocycles. The number of hydrogen-bond acceptors (Lipinski definition) is 1. The number of nitrogens with one attached hydrogen (secondary N) is 1. The first-order chi connectivity index (χ1) is 6.77. The van der Waals surface area contributed by atoms with Crippen molar-refractivity contribution in [3.63, 3.8) is 0 Å². The highest BCUT2D eigenvalue weighted by molar-refractivity contribution is 6.27. The van der Waals surface area contributed by atoms with Gasteiger partial charge in [0, 0.05) is 6.54 Å². The summed E-state index contributed by atoms with van der Waals surface area (Å²) in [7, 11) is 0. The number of aryl methyl sites for hydroxylation is 1. The molecule has 0 aromatic heterocycles. The monoisotopic (exact) mass is 211 g/mol. The van der Waals surface area contributed by atoms with Crippen LogP contribution in [0.2, 0.25) is 0 Å². The minimum atomic E-state index is -0.127. The van der Waals surface area contributed by atoms with Crippen LogP contribution in [0.5, 0.6) is 0 Å². The van der Waals surface area contributed by atoms with Crippen LogP contribution in [-0.4, -0.2) is 11.8 Å². The second-order valence-electron chi connectivity index (χ2n) is 3.03. The van der Waals surface area contributed by atoms with Crippen LogP contribution in [0, 0.1) is 0 Å². The molecule has 0 aliphatic rings. The Balaban J connectivity index is 2.61. The molecule has 0 spiro atoms. The summed E-state index contributed by atoms with van der Waals surface area (Å²) in [4.78, 5) is 10.9. The van der Waals surface area contributed by atoms with E-state index in [4.69, 9.17) is 11.6 Å². The van der Waals surface area contributed by atoms with Crippen molar-refractivity contribution < 1.29 is 4.79 Å². The van der Waals surface area contributed by atoms with Gasteiger partial charge in [-0.05, 0) is 17.5 Å². The van der Waals surface area contributed by atoms with Crippen molar-refractivity contribution in [2.75, 3.05) is 5.88 Å². The fourth-order valence-electron chi connectivity index (χ4n) is 1.32. The summed E-state index contributed by atoms with van der Waals surface area (Å²) in [6.07, 6.45) is 0.979. The number of rotatable bonds is 4. The maximum Gasteiger partial charge on any atom is 0.235 e. The SMILES string of the molecule is CCc1ccccc1CNC(=O)CCl. The first-order valence-corrected chi connectivity index (χ1v) is 5.20. The van der Waals surface area contributed by atoms with Crippen molar-refractivity contribution in [1.29, 1.82) is 0 Å². The normalized spacial score (nSPS) is 9.86. The third kappa shape index (κ3) is 3.04. The summed E-state index contributed by atoms with van der Waals surface area (Å²) in [6.45, 7) is 2.66. The molecule has 0 unspecified atom stereocenters. The lowest BCUT2D eigenvalue weighted by Crippen LogP contribution is -2.24. The molecule has 0 fully saturated rings. The largest absolute Gasteiger partial charge is 0.351 e. The van der Waals surface area contributed by atoms with Gasteiger partial charge in [0.25, 0.3) is 0 Å². The molecule has 0 aliphatic heterocycles. The van der Waals surface area contributed by atoms with Crippen LogP contribution >= 0.6 is 11.6 Å². The molecule has 0 atom stereocenters. The molecule has 0 saturated carbocycles. The second kappa shape index (κ2) is 5.66. The summed E-state index contributed by atoms with van der Waals surface area (Å²) >= 11 is 5.38. The second-order valence-corrected chi connectivity index (χ2v) is 3.30. The Bertz CT molecular complexity index is 312. The highest BCUT2D eigenvalue weighted by Crippen LogP contribution is 2.08. The van der Waals surface area contributed by atoms with Crippen molar-refractivity contribution in [2.24, 2.45) is 0 Å². The average Bonchev–Trinajstić information content (AvgIpc) is 2.26. The third-order valence-corrected chi connectivity index (χ3v) is 2.34. The van der Waals surface area contributed by atoms with Crippen molar-refractivity contribution in [3.8, 4) is 0 Å². The van der Waals surface area contributed by atoms with Crippen LogP contribution in [-0.2, 0) is 17.8 Å². The zero-order valence-corrected chi connectivity index (χ0v) is 8.97. The molecule has 1 rings (SSSR count). The van der Waals surface area contributed by atoms with E-state index in [9.17, 15) is 4.79 Å². The maximum absolute atomic E-state index is 10.9. The smallest absolute Gasteiger partial charge is 0.235 e. The van der Waals surface area contributed by atoms with E-state index in [-0.39, 0.29) is 11.8 Å². The molecule has 3 heteroatoms. The van der Waals surface area contributed by atoms with Gasteiger partial charge in [-0.1, -0.05) is 31.2 Å². The summed E-state index contributed by atoms with van der Waals surface area (Å²) in [6, 6.07) is 8.07. The van der Waals surface area contributed by atoms with Gasteiger partial charge in [0.15, 0.2) is 0 Å². The molecule has 0 aliphatic carbocycles. The quantitative estimate of drug-likeness (QED) is 0.760. The Hall–Kier alpha value is -1.02. The number of carbonyl (C=O) groups excluding carboxylic acids is 1. The predicted molar refractivity (Wildman–Crippen MR) is 58.4 cm³/mol. The minimum absolute atomic E-state index is 0.0221. The molecule has 0 bridgehead atoms. The van der Waals surface area contributed by atoms with E-state index < -0.39 is 0 Å². The van der Waals surface area contributed by atoms with Crippen LogP contribution in [0.4, 0.5) is 0 Å². The number of amides is 1. The molecular formula is C11H14ClNO. The van der Waals surface area contributed by atoms with Crippen LogP contribution in [0.15, 0.2) is 24.3 Å². The minimum Gasteiger partial charge on any atom is -0.351 e. The van der Waals surface area contributed by atoms with Crippen LogP contribution in [0.25, 0.3) is 0 Å². The Morgan fingerprint density at radius 2 is 2.00 bits per heavy atom. The van der Waals surface area contributed by atoms with E-state index in [1.54, 1.807) is 0 Å². The number of benzene rings is 1. The number of hydrogen-bond donors (Lipinski definition) is 1. The molecule has 76 valence electrons. The highest BCUT2D eigenvalue weighted by Gasteiger charge is 2.01. The Morgan fingerprint density at radius 1 is 1.36 bits per heavy atom. The van der Waals surface area contributed by atoms with E-state index in [1.165, 1.54) is 5.56 Å². The van der Waals surface area contributed by atoms with Gasteiger partial charge in [0.05, 0.1) is 0 Å². The van der Waals surface area contributed by atoms with Gasteiger partial charge >= 0.3 is 0 Å². The topological polar surface area (TPSA) is 29.1 Å². The van der Waals surface area contributed by atoms with Crippen molar-refractivity contribution in [1.82, 2.24) is 5.32 Å². The van der Waals surface area contributed by atoms with Gasteiger partial charge < -0.3 is 5.32 Å². The Labute approximate surface area is 89.3 Å². The van der Waals surface area contributed by atoms with Gasteiger partial charge in [0.1, 0.15) is 5.88 Å².